The molecular weight excluding hydrogens is 448 g/mol. The van der Waals surface area contributed by atoms with Crippen molar-refractivity contribution in [2.45, 2.75) is 19.8 Å². The average Bonchev–Trinajstić information content (AvgIpc) is 3.07. The molecule has 166 valence electrons. The minimum atomic E-state index is -0.0965. The molecule has 1 saturated heterocycles. The monoisotopic (exact) mass is 472 g/mol. The fraction of sp³-hybridized carbons (Fsp3) is 0.148. The van der Waals surface area contributed by atoms with E-state index < -0.39 is 0 Å². The molecular formula is C27H24N2O2S2. The summed E-state index contributed by atoms with van der Waals surface area (Å²) in [6, 6.07) is 23.9. The Labute approximate surface area is 203 Å². The molecule has 2 amide bonds. The van der Waals surface area contributed by atoms with E-state index in [1.54, 1.807) is 4.90 Å². The summed E-state index contributed by atoms with van der Waals surface area (Å²) >= 11 is 6.72. The number of carbonyl (C=O) groups is 2. The van der Waals surface area contributed by atoms with E-state index in [1.807, 2.05) is 91.9 Å². The Morgan fingerprint density at radius 3 is 2.55 bits per heavy atom. The van der Waals surface area contributed by atoms with Crippen molar-refractivity contribution in [2.75, 3.05) is 11.9 Å². The van der Waals surface area contributed by atoms with E-state index in [-0.39, 0.29) is 11.8 Å². The predicted octanol–water partition coefficient (Wildman–Crippen LogP) is 6.41. The van der Waals surface area contributed by atoms with Crippen molar-refractivity contribution in [2.24, 2.45) is 0 Å². The van der Waals surface area contributed by atoms with Crippen molar-refractivity contribution in [1.29, 1.82) is 0 Å². The second-order valence-corrected chi connectivity index (χ2v) is 9.52. The summed E-state index contributed by atoms with van der Waals surface area (Å²) in [6.45, 7) is 2.39. The van der Waals surface area contributed by atoms with Gasteiger partial charge in [0.15, 0.2) is 0 Å². The van der Waals surface area contributed by atoms with E-state index in [2.05, 4.69) is 5.32 Å². The third-order valence-corrected chi connectivity index (χ3v) is 6.62. The van der Waals surface area contributed by atoms with E-state index in [0.29, 0.717) is 28.6 Å². The molecule has 4 rings (SSSR count). The zero-order chi connectivity index (χ0) is 23.2. The van der Waals surface area contributed by atoms with Gasteiger partial charge in [0.05, 0.1) is 4.91 Å². The maximum Gasteiger partial charge on any atom is 0.266 e. The number of amides is 2. The van der Waals surface area contributed by atoms with Gasteiger partial charge in [-0.25, -0.2) is 0 Å². The predicted molar refractivity (Wildman–Crippen MR) is 142 cm³/mol. The van der Waals surface area contributed by atoms with Crippen molar-refractivity contribution < 1.29 is 9.59 Å². The Morgan fingerprint density at radius 1 is 1.03 bits per heavy atom. The maximum atomic E-state index is 12.8. The van der Waals surface area contributed by atoms with Crippen molar-refractivity contribution in [3.63, 3.8) is 0 Å². The van der Waals surface area contributed by atoms with E-state index in [4.69, 9.17) is 12.2 Å². The normalized spacial score (nSPS) is 15.5. The highest BCUT2D eigenvalue weighted by molar-refractivity contribution is 8.26. The fourth-order valence-corrected chi connectivity index (χ4v) is 5.00. The molecule has 3 aromatic rings. The molecule has 0 saturated carbocycles. The average molecular weight is 473 g/mol. The van der Waals surface area contributed by atoms with Crippen LogP contribution in [0.5, 0.6) is 0 Å². The zero-order valence-corrected chi connectivity index (χ0v) is 19.9. The SMILES string of the molecule is CC(/C=C1\SC(=S)N(CCCC(=O)Nc2ccc3ccccc3c2)C1=O)=C\c1ccccc1. The van der Waals surface area contributed by atoms with Gasteiger partial charge in [-0.15, -0.1) is 0 Å². The molecule has 0 aromatic heterocycles. The summed E-state index contributed by atoms with van der Waals surface area (Å²) in [7, 11) is 0. The summed E-state index contributed by atoms with van der Waals surface area (Å²) in [6.07, 6.45) is 4.76. The first-order chi connectivity index (χ1) is 16.0. The van der Waals surface area contributed by atoms with Crippen LogP contribution in [0.1, 0.15) is 25.3 Å². The molecule has 1 aliphatic rings. The maximum absolute atomic E-state index is 12.8. The van der Waals surface area contributed by atoms with E-state index in [1.165, 1.54) is 11.8 Å². The number of thioether (sulfide) groups is 1. The van der Waals surface area contributed by atoms with Crippen molar-refractivity contribution in [3.8, 4) is 0 Å². The Hall–Kier alpha value is -3.22. The van der Waals surface area contributed by atoms with Gasteiger partial charge in [0, 0.05) is 18.7 Å². The number of nitrogens with one attached hydrogen (secondary N) is 1. The third-order valence-electron chi connectivity index (χ3n) is 5.25. The number of carbonyl (C=O) groups excluding carboxylic acids is 2. The van der Waals surface area contributed by atoms with Gasteiger partial charge in [0.2, 0.25) is 5.91 Å². The Kier molecular flexibility index (Phi) is 7.37. The fourth-order valence-electron chi connectivity index (χ4n) is 3.64. The topological polar surface area (TPSA) is 49.4 Å². The van der Waals surface area contributed by atoms with Gasteiger partial charge in [0.25, 0.3) is 5.91 Å². The Balaban J connectivity index is 1.30. The minimum Gasteiger partial charge on any atom is -0.326 e. The number of thiocarbonyl (C=S) groups is 1. The molecule has 0 bridgehead atoms. The first-order valence-corrected chi connectivity index (χ1v) is 12.0. The summed E-state index contributed by atoms with van der Waals surface area (Å²) in [5, 5.41) is 5.15. The molecule has 0 radical (unpaired) electrons. The quantitative estimate of drug-likeness (QED) is 0.319. The van der Waals surface area contributed by atoms with Crippen LogP contribution < -0.4 is 5.32 Å². The lowest BCUT2D eigenvalue weighted by Gasteiger charge is -2.14. The number of rotatable bonds is 7. The van der Waals surface area contributed by atoms with Crippen LogP contribution in [-0.4, -0.2) is 27.6 Å². The number of allylic oxidation sites excluding steroid dienone is 2. The van der Waals surface area contributed by atoms with Crippen molar-refractivity contribution in [3.05, 3.63) is 94.9 Å². The van der Waals surface area contributed by atoms with Gasteiger partial charge < -0.3 is 5.32 Å². The highest BCUT2D eigenvalue weighted by Gasteiger charge is 2.31. The van der Waals surface area contributed by atoms with Crippen LogP contribution in [0.3, 0.4) is 0 Å². The van der Waals surface area contributed by atoms with Crippen LogP contribution in [0.4, 0.5) is 5.69 Å². The number of hydrogen-bond donors (Lipinski definition) is 1. The van der Waals surface area contributed by atoms with E-state index in [0.717, 1.165) is 27.6 Å². The second-order valence-electron chi connectivity index (χ2n) is 7.85. The lowest BCUT2D eigenvalue weighted by Crippen LogP contribution is -2.29. The molecule has 0 spiro atoms. The lowest BCUT2D eigenvalue weighted by molar-refractivity contribution is -0.122. The van der Waals surface area contributed by atoms with Gasteiger partial charge in [-0.3, -0.25) is 14.5 Å². The van der Waals surface area contributed by atoms with Crippen molar-refractivity contribution >= 4 is 62.7 Å². The largest absolute Gasteiger partial charge is 0.326 e. The van der Waals surface area contributed by atoms with Gasteiger partial charge in [-0.2, -0.15) is 0 Å². The molecule has 1 aliphatic heterocycles. The Morgan fingerprint density at radius 2 is 1.76 bits per heavy atom. The molecule has 4 nitrogen and oxygen atoms in total. The second kappa shape index (κ2) is 10.6. The van der Waals surface area contributed by atoms with Gasteiger partial charge in [-0.1, -0.05) is 90.7 Å². The number of fused-ring (bicyclic) bond motifs is 1. The van der Waals surface area contributed by atoms with Crippen LogP contribution in [0.2, 0.25) is 0 Å². The molecule has 3 aromatic carbocycles. The van der Waals surface area contributed by atoms with E-state index >= 15 is 0 Å². The van der Waals surface area contributed by atoms with Crippen LogP contribution in [0, 0.1) is 0 Å². The van der Waals surface area contributed by atoms with Gasteiger partial charge in [0.1, 0.15) is 4.32 Å². The number of nitrogens with zero attached hydrogens (tertiary/aromatic N) is 1. The summed E-state index contributed by atoms with van der Waals surface area (Å²) < 4.78 is 0.536. The molecule has 1 fully saturated rings. The Bertz CT molecular complexity index is 1270. The molecule has 0 atom stereocenters. The highest BCUT2D eigenvalue weighted by atomic mass is 32.2. The van der Waals surface area contributed by atoms with Crippen LogP contribution >= 0.6 is 24.0 Å². The highest BCUT2D eigenvalue weighted by Crippen LogP contribution is 2.32. The molecule has 0 aliphatic carbocycles. The lowest BCUT2D eigenvalue weighted by atomic mass is 10.1. The molecule has 0 unspecified atom stereocenters. The summed E-state index contributed by atoms with van der Waals surface area (Å²) in [5.41, 5.74) is 2.84. The molecule has 1 N–H and O–H groups in total. The van der Waals surface area contributed by atoms with Gasteiger partial charge >= 0.3 is 0 Å². The number of hydrogen-bond acceptors (Lipinski definition) is 4. The third kappa shape index (κ3) is 5.97. The standard InChI is InChI=1S/C27H24N2O2S2/c1-19(16-20-8-3-2-4-9-20)17-24-26(31)29(27(32)33-24)15-7-12-25(30)28-23-14-13-21-10-5-6-11-22(21)18-23/h2-6,8-11,13-14,16-18H,7,12,15H2,1H3,(H,28,30)/b19-16+,24-17-. The van der Waals surface area contributed by atoms with E-state index in [9.17, 15) is 9.59 Å². The first kappa shape index (κ1) is 23.0. The minimum absolute atomic E-state index is 0.0760. The zero-order valence-electron chi connectivity index (χ0n) is 18.3. The summed E-state index contributed by atoms with van der Waals surface area (Å²) in [4.78, 5) is 27.4. The van der Waals surface area contributed by atoms with Crippen LogP contribution in [0.25, 0.3) is 16.8 Å². The van der Waals surface area contributed by atoms with Crippen molar-refractivity contribution in [1.82, 2.24) is 4.90 Å². The van der Waals surface area contributed by atoms with Crippen LogP contribution in [0.15, 0.2) is 89.4 Å². The first-order valence-electron chi connectivity index (χ1n) is 10.8. The molecule has 33 heavy (non-hydrogen) atoms. The molecule has 1 heterocycles. The summed E-state index contributed by atoms with van der Waals surface area (Å²) in [5.74, 6) is -0.173. The smallest absolute Gasteiger partial charge is 0.266 e. The van der Waals surface area contributed by atoms with Gasteiger partial charge in [-0.05, 0) is 53.5 Å². The van der Waals surface area contributed by atoms with Crippen LogP contribution in [-0.2, 0) is 9.59 Å². The number of anilines is 1. The number of benzene rings is 3. The molecule has 6 heteroatoms.